The molecule has 0 aliphatic carbocycles. The molecule has 15 heavy (non-hydrogen) atoms. The lowest BCUT2D eigenvalue weighted by molar-refractivity contribution is 0.173. The van der Waals surface area contributed by atoms with Crippen LogP contribution < -0.4 is 0 Å². The first kappa shape index (κ1) is 9.91. The van der Waals surface area contributed by atoms with E-state index in [9.17, 15) is 4.79 Å². The molecule has 0 N–H and O–H groups in total. The van der Waals surface area contributed by atoms with Gasteiger partial charge in [-0.15, -0.1) is 11.8 Å². The van der Waals surface area contributed by atoms with E-state index < -0.39 is 6.09 Å². The fourth-order valence-corrected chi connectivity index (χ4v) is 1.68. The van der Waals surface area contributed by atoms with Crippen LogP contribution in [0.15, 0.2) is 17.7 Å². The maximum absolute atomic E-state index is 11.3. The van der Waals surface area contributed by atoms with Crippen molar-refractivity contribution in [2.45, 2.75) is 5.03 Å². The summed E-state index contributed by atoms with van der Waals surface area (Å²) < 4.78 is 5.84. The molecule has 0 fully saturated rings. The molecule has 2 aromatic rings. The molecule has 0 spiro atoms. The van der Waals surface area contributed by atoms with Crippen LogP contribution in [0.4, 0.5) is 4.79 Å². The summed E-state index contributed by atoms with van der Waals surface area (Å²) in [6.07, 6.45) is 4.15. The number of thioether (sulfide) groups is 1. The number of ether oxygens (including phenoxy) is 1. The Kier molecular flexibility index (Phi) is 2.55. The van der Waals surface area contributed by atoms with Crippen molar-refractivity contribution >= 4 is 29.0 Å². The minimum Gasteiger partial charge on any atom is -0.452 e. The number of hydrogen-bond donors (Lipinski definition) is 0. The van der Waals surface area contributed by atoms with Crippen LogP contribution in [0.3, 0.4) is 0 Å². The largest absolute Gasteiger partial charge is 0.452 e. The molecule has 0 aliphatic heterocycles. The van der Waals surface area contributed by atoms with E-state index in [1.807, 2.05) is 6.26 Å². The van der Waals surface area contributed by atoms with E-state index in [2.05, 4.69) is 19.7 Å². The van der Waals surface area contributed by atoms with Crippen molar-refractivity contribution in [3.63, 3.8) is 0 Å². The van der Waals surface area contributed by atoms with Crippen LogP contribution in [0.25, 0.3) is 11.2 Å². The number of carbonyl (C=O) groups excluding carboxylic acids is 1. The summed E-state index contributed by atoms with van der Waals surface area (Å²) in [5, 5.41) is 0.739. The monoisotopic (exact) mass is 224 g/mol. The fourth-order valence-electron chi connectivity index (χ4n) is 1.19. The van der Waals surface area contributed by atoms with Gasteiger partial charge >= 0.3 is 6.09 Å². The molecule has 0 aliphatic rings. The molecule has 0 aromatic carbocycles. The van der Waals surface area contributed by atoms with Crippen molar-refractivity contribution in [2.75, 3.05) is 13.4 Å². The summed E-state index contributed by atoms with van der Waals surface area (Å²) in [5.41, 5.74) is 1.07. The van der Waals surface area contributed by atoms with Gasteiger partial charge in [-0.05, 0) is 6.26 Å². The average molecular weight is 224 g/mol. The first-order chi connectivity index (χ1) is 7.27. The van der Waals surface area contributed by atoms with Gasteiger partial charge in [0, 0.05) is 0 Å². The maximum atomic E-state index is 11.3. The summed E-state index contributed by atoms with van der Waals surface area (Å²) in [4.78, 5) is 23.4. The molecule has 0 atom stereocenters. The smallest absolute Gasteiger partial charge is 0.420 e. The summed E-state index contributed by atoms with van der Waals surface area (Å²) in [6.45, 7) is 0. The Morgan fingerprint density at radius 2 is 2.27 bits per heavy atom. The van der Waals surface area contributed by atoms with Crippen molar-refractivity contribution in [3.05, 3.63) is 12.7 Å². The summed E-state index contributed by atoms with van der Waals surface area (Å²) in [6, 6.07) is 0. The standard InChI is InChI=1S/C8H8N4O2S/c1-14-8(13)12-4-11-5-6(12)9-3-10-7(5)15-2/h3-4H,1-2H3. The van der Waals surface area contributed by atoms with Gasteiger partial charge in [0.2, 0.25) is 0 Å². The maximum Gasteiger partial charge on any atom is 0.420 e. The van der Waals surface area contributed by atoms with E-state index >= 15 is 0 Å². The van der Waals surface area contributed by atoms with Crippen molar-refractivity contribution in [3.8, 4) is 0 Å². The average Bonchev–Trinajstić information content (AvgIpc) is 2.71. The highest BCUT2D eigenvalue weighted by Gasteiger charge is 2.13. The molecule has 2 aromatic heterocycles. The van der Waals surface area contributed by atoms with E-state index in [4.69, 9.17) is 0 Å². The Morgan fingerprint density at radius 3 is 2.93 bits per heavy atom. The zero-order valence-electron chi connectivity index (χ0n) is 8.17. The van der Waals surface area contributed by atoms with Crippen LogP contribution in [0.2, 0.25) is 0 Å². The molecule has 6 nitrogen and oxygen atoms in total. The second-order valence-corrected chi connectivity index (χ2v) is 3.43. The molecule has 0 amide bonds. The predicted molar refractivity (Wildman–Crippen MR) is 54.9 cm³/mol. The lowest BCUT2D eigenvalue weighted by Crippen LogP contribution is -2.10. The topological polar surface area (TPSA) is 69.9 Å². The SMILES string of the molecule is COC(=O)n1cnc2c(SC)ncnc21. The second kappa shape index (κ2) is 3.85. The Labute approximate surface area is 89.7 Å². The van der Waals surface area contributed by atoms with Crippen LogP contribution in [-0.2, 0) is 4.74 Å². The summed E-state index contributed by atoms with van der Waals surface area (Å²) >= 11 is 1.45. The van der Waals surface area contributed by atoms with Crippen molar-refractivity contribution in [1.82, 2.24) is 19.5 Å². The van der Waals surface area contributed by atoms with Crippen molar-refractivity contribution in [1.29, 1.82) is 0 Å². The molecule has 7 heteroatoms. The van der Waals surface area contributed by atoms with Gasteiger partial charge in [0.15, 0.2) is 5.65 Å². The summed E-state index contributed by atoms with van der Waals surface area (Å²) in [5.74, 6) is 0. The molecular weight excluding hydrogens is 216 g/mol. The predicted octanol–water partition coefficient (Wildman–Crippen LogP) is 1.16. The number of carbonyl (C=O) groups is 1. The zero-order valence-corrected chi connectivity index (χ0v) is 8.98. The molecule has 0 radical (unpaired) electrons. The minimum absolute atomic E-state index is 0.459. The number of imidazole rings is 1. The Bertz CT molecular complexity index is 510. The first-order valence-corrected chi connectivity index (χ1v) is 5.30. The minimum atomic E-state index is -0.511. The van der Waals surface area contributed by atoms with E-state index in [0.29, 0.717) is 11.2 Å². The van der Waals surface area contributed by atoms with Gasteiger partial charge in [0.1, 0.15) is 23.2 Å². The number of rotatable bonds is 1. The van der Waals surface area contributed by atoms with Gasteiger partial charge in [0.05, 0.1) is 7.11 Å². The molecule has 0 unspecified atom stereocenters. The number of hydrogen-bond acceptors (Lipinski definition) is 6. The van der Waals surface area contributed by atoms with Crippen LogP contribution in [0.5, 0.6) is 0 Å². The van der Waals surface area contributed by atoms with Gasteiger partial charge in [-0.2, -0.15) is 0 Å². The zero-order chi connectivity index (χ0) is 10.8. The third-order valence-corrected chi connectivity index (χ3v) is 2.55. The van der Waals surface area contributed by atoms with Gasteiger partial charge < -0.3 is 4.74 Å². The van der Waals surface area contributed by atoms with Crippen molar-refractivity contribution in [2.24, 2.45) is 0 Å². The quantitative estimate of drug-likeness (QED) is 0.534. The van der Waals surface area contributed by atoms with E-state index in [1.54, 1.807) is 0 Å². The third-order valence-electron chi connectivity index (χ3n) is 1.86. The molecule has 78 valence electrons. The van der Waals surface area contributed by atoms with Crippen molar-refractivity contribution < 1.29 is 9.53 Å². The van der Waals surface area contributed by atoms with Gasteiger partial charge in [-0.25, -0.2) is 24.3 Å². The molecule has 0 saturated heterocycles. The Hall–Kier alpha value is -1.63. The normalized spacial score (nSPS) is 10.5. The Morgan fingerprint density at radius 1 is 1.47 bits per heavy atom. The third kappa shape index (κ3) is 1.54. The van der Waals surface area contributed by atoms with E-state index in [1.165, 1.54) is 36.1 Å². The lowest BCUT2D eigenvalue weighted by atomic mass is 10.5. The van der Waals surface area contributed by atoms with Gasteiger partial charge in [-0.1, -0.05) is 0 Å². The highest BCUT2D eigenvalue weighted by molar-refractivity contribution is 7.98. The Balaban J connectivity index is 2.66. The second-order valence-electron chi connectivity index (χ2n) is 2.64. The number of fused-ring (bicyclic) bond motifs is 1. The number of aromatic nitrogens is 4. The lowest BCUT2D eigenvalue weighted by Gasteiger charge is -1.99. The van der Waals surface area contributed by atoms with E-state index in [-0.39, 0.29) is 0 Å². The number of nitrogens with zero attached hydrogens (tertiary/aromatic N) is 4. The first-order valence-electron chi connectivity index (χ1n) is 4.08. The highest BCUT2D eigenvalue weighted by atomic mass is 32.2. The van der Waals surface area contributed by atoms with Crippen LogP contribution in [0.1, 0.15) is 0 Å². The number of methoxy groups -OCH3 is 1. The van der Waals surface area contributed by atoms with E-state index in [0.717, 1.165) is 5.03 Å². The molecular formula is C8H8N4O2S. The molecule has 0 bridgehead atoms. The van der Waals surface area contributed by atoms with Crippen LogP contribution >= 0.6 is 11.8 Å². The highest BCUT2D eigenvalue weighted by Crippen LogP contribution is 2.20. The fraction of sp³-hybridized carbons (Fsp3) is 0.250. The van der Waals surface area contributed by atoms with Crippen LogP contribution in [0, 0.1) is 0 Å². The molecule has 2 heterocycles. The van der Waals surface area contributed by atoms with Gasteiger partial charge in [-0.3, -0.25) is 0 Å². The molecule has 2 rings (SSSR count). The van der Waals surface area contributed by atoms with Gasteiger partial charge in [0.25, 0.3) is 0 Å². The van der Waals surface area contributed by atoms with Crippen LogP contribution in [-0.4, -0.2) is 39.0 Å². The molecule has 0 saturated carbocycles. The summed E-state index contributed by atoms with van der Waals surface area (Å²) in [7, 11) is 1.31.